The number of hydrogen-bond donors (Lipinski definition) is 1. The van der Waals surface area contributed by atoms with E-state index in [1.54, 1.807) is 0 Å². The molecule has 1 atom stereocenters. The third-order valence-electron chi connectivity index (χ3n) is 3.49. The van der Waals surface area contributed by atoms with Gasteiger partial charge in [0.05, 0.1) is 0 Å². The quantitative estimate of drug-likeness (QED) is 0.702. The van der Waals surface area contributed by atoms with Crippen molar-refractivity contribution in [1.82, 2.24) is 5.32 Å². The van der Waals surface area contributed by atoms with E-state index in [-0.39, 0.29) is 0 Å². The van der Waals surface area contributed by atoms with Gasteiger partial charge in [-0.3, -0.25) is 0 Å². The maximum atomic E-state index is 5.37. The summed E-state index contributed by atoms with van der Waals surface area (Å²) < 4.78 is 5.37. The Labute approximate surface area is 94.8 Å². The first kappa shape index (κ1) is 13.0. The third-order valence-corrected chi connectivity index (χ3v) is 3.49. The summed E-state index contributed by atoms with van der Waals surface area (Å²) in [6.07, 6.45) is 7.99. The van der Waals surface area contributed by atoms with Gasteiger partial charge in [0.1, 0.15) is 0 Å². The van der Waals surface area contributed by atoms with Gasteiger partial charge >= 0.3 is 0 Å². The maximum Gasteiger partial charge on any atom is 0.0468 e. The van der Waals surface area contributed by atoms with Crippen LogP contribution in [-0.4, -0.2) is 25.8 Å². The molecule has 0 amide bonds. The number of ether oxygens (including phenoxy) is 1. The van der Waals surface area contributed by atoms with Crippen LogP contribution in [0, 0.1) is 5.92 Å². The average Bonchev–Trinajstić information content (AvgIpc) is 2.29. The Morgan fingerprint density at radius 1 is 1.27 bits per heavy atom. The molecule has 0 aromatic heterocycles. The van der Waals surface area contributed by atoms with Gasteiger partial charge in [0.25, 0.3) is 0 Å². The lowest BCUT2D eigenvalue weighted by Crippen LogP contribution is -2.28. The van der Waals surface area contributed by atoms with E-state index in [4.69, 9.17) is 4.74 Å². The molecule has 1 aliphatic rings. The molecule has 1 aliphatic heterocycles. The minimum atomic E-state index is 0.745. The summed E-state index contributed by atoms with van der Waals surface area (Å²) in [6.45, 7) is 7.57. The Balaban J connectivity index is 2.03. The normalized spacial score (nSPS) is 20.4. The van der Waals surface area contributed by atoms with Crippen molar-refractivity contribution in [3.63, 3.8) is 0 Å². The van der Waals surface area contributed by atoms with Crippen molar-refractivity contribution in [3.05, 3.63) is 0 Å². The lowest BCUT2D eigenvalue weighted by Gasteiger charge is -2.23. The lowest BCUT2D eigenvalue weighted by atomic mass is 9.93. The molecule has 15 heavy (non-hydrogen) atoms. The van der Waals surface area contributed by atoms with Gasteiger partial charge in [0, 0.05) is 19.3 Å². The Morgan fingerprint density at radius 3 is 2.60 bits per heavy atom. The topological polar surface area (TPSA) is 21.3 Å². The second-order valence-electron chi connectivity index (χ2n) is 4.65. The highest BCUT2D eigenvalue weighted by Crippen LogP contribution is 2.21. The van der Waals surface area contributed by atoms with Crippen molar-refractivity contribution in [1.29, 1.82) is 0 Å². The molecule has 90 valence electrons. The highest BCUT2D eigenvalue weighted by atomic mass is 16.5. The largest absolute Gasteiger partial charge is 0.381 e. The van der Waals surface area contributed by atoms with Gasteiger partial charge in [-0.2, -0.15) is 0 Å². The van der Waals surface area contributed by atoms with E-state index in [0.29, 0.717) is 0 Å². The van der Waals surface area contributed by atoms with Crippen LogP contribution < -0.4 is 5.32 Å². The van der Waals surface area contributed by atoms with Gasteiger partial charge in [-0.15, -0.1) is 0 Å². The van der Waals surface area contributed by atoms with Crippen LogP contribution in [0.1, 0.15) is 52.4 Å². The molecule has 0 aromatic rings. The zero-order valence-electron chi connectivity index (χ0n) is 10.4. The van der Waals surface area contributed by atoms with E-state index in [1.807, 2.05) is 0 Å². The molecule has 0 aromatic carbocycles. The third kappa shape index (κ3) is 5.53. The first-order chi connectivity index (χ1) is 7.36. The maximum absolute atomic E-state index is 5.37. The molecule has 2 heteroatoms. The molecular formula is C13H27NO. The minimum absolute atomic E-state index is 0.745. The Bertz CT molecular complexity index is 139. The van der Waals surface area contributed by atoms with E-state index in [2.05, 4.69) is 19.2 Å². The lowest BCUT2D eigenvalue weighted by molar-refractivity contribution is 0.0629. The van der Waals surface area contributed by atoms with Crippen LogP contribution in [0.3, 0.4) is 0 Å². The van der Waals surface area contributed by atoms with E-state index < -0.39 is 0 Å². The molecule has 0 radical (unpaired) electrons. The van der Waals surface area contributed by atoms with Crippen molar-refractivity contribution in [2.24, 2.45) is 5.92 Å². The summed E-state index contributed by atoms with van der Waals surface area (Å²) in [4.78, 5) is 0. The van der Waals surface area contributed by atoms with Gasteiger partial charge in [-0.25, -0.2) is 0 Å². The monoisotopic (exact) mass is 213 g/mol. The molecule has 1 saturated heterocycles. The van der Waals surface area contributed by atoms with Crippen LogP contribution in [0.5, 0.6) is 0 Å². The SMILES string of the molecule is CCNC(CC)CCCC1CCOCC1. The van der Waals surface area contributed by atoms with Crippen LogP contribution in [0.4, 0.5) is 0 Å². The zero-order chi connectivity index (χ0) is 10.9. The zero-order valence-corrected chi connectivity index (χ0v) is 10.4. The molecular weight excluding hydrogens is 186 g/mol. The van der Waals surface area contributed by atoms with Crippen LogP contribution in [-0.2, 0) is 4.74 Å². The standard InChI is InChI=1S/C13H27NO/c1-3-13(14-4-2)7-5-6-12-8-10-15-11-9-12/h12-14H,3-11H2,1-2H3. The van der Waals surface area contributed by atoms with E-state index in [9.17, 15) is 0 Å². The molecule has 0 saturated carbocycles. The van der Waals surface area contributed by atoms with Crippen molar-refractivity contribution >= 4 is 0 Å². The molecule has 0 bridgehead atoms. The highest BCUT2D eigenvalue weighted by molar-refractivity contribution is 4.68. The van der Waals surface area contributed by atoms with Crippen molar-refractivity contribution < 1.29 is 4.74 Å². The van der Waals surface area contributed by atoms with Crippen molar-refractivity contribution in [3.8, 4) is 0 Å². The van der Waals surface area contributed by atoms with Crippen LogP contribution in [0.25, 0.3) is 0 Å². The van der Waals surface area contributed by atoms with Gasteiger partial charge in [0.2, 0.25) is 0 Å². The predicted octanol–water partition coefficient (Wildman–Crippen LogP) is 2.97. The summed E-state index contributed by atoms with van der Waals surface area (Å²) in [5.41, 5.74) is 0. The molecule has 1 rings (SSSR count). The number of nitrogens with one attached hydrogen (secondary N) is 1. The van der Waals surface area contributed by atoms with Crippen LogP contribution in [0.2, 0.25) is 0 Å². The number of rotatable bonds is 7. The fraction of sp³-hybridized carbons (Fsp3) is 1.00. The molecule has 1 N–H and O–H groups in total. The predicted molar refractivity (Wildman–Crippen MR) is 65.1 cm³/mol. The minimum Gasteiger partial charge on any atom is -0.381 e. The first-order valence-electron chi connectivity index (χ1n) is 6.68. The number of hydrogen-bond acceptors (Lipinski definition) is 2. The fourth-order valence-corrected chi connectivity index (χ4v) is 2.43. The molecule has 1 fully saturated rings. The second-order valence-corrected chi connectivity index (χ2v) is 4.65. The summed E-state index contributed by atoms with van der Waals surface area (Å²) in [7, 11) is 0. The van der Waals surface area contributed by atoms with E-state index in [0.717, 1.165) is 31.7 Å². The Hall–Kier alpha value is -0.0800. The van der Waals surface area contributed by atoms with Crippen molar-refractivity contribution in [2.75, 3.05) is 19.8 Å². The summed E-state index contributed by atoms with van der Waals surface area (Å²) in [5.74, 6) is 0.942. The van der Waals surface area contributed by atoms with Gasteiger partial charge in [-0.1, -0.05) is 26.7 Å². The highest BCUT2D eigenvalue weighted by Gasteiger charge is 2.13. The molecule has 1 heterocycles. The molecule has 0 spiro atoms. The summed E-state index contributed by atoms with van der Waals surface area (Å²) in [6, 6.07) is 0.745. The van der Waals surface area contributed by atoms with Crippen molar-refractivity contribution in [2.45, 2.75) is 58.4 Å². The molecule has 2 nitrogen and oxygen atoms in total. The Kier molecular flexibility index (Phi) is 7.03. The smallest absolute Gasteiger partial charge is 0.0468 e. The van der Waals surface area contributed by atoms with Gasteiger partial charge < -0.3 is 10.1 Å². The fourth-order valence-electron chi connectivity index (χ4n) is 2.43. The molecule has 0 aliphatic carbocycles. The van der Waals surface area contributed by atoms with Crippen LogP contribution in [0.15, 0.2) is 0 Å². The van der Waals surface area contributed by atoms with E-state index in [1.165, 1.54) is 38.5 Å². The van der Waals surface area contributed by atoms with Gasteiger partial charge in [0.15, 0.2) is 0 Å². The summed E-state index contributed by atoms with van der Waals surface area (Å²) in [5, 5.41) is 3.55. The molecule has 1 unspecified atom stereocenters. The average molecular weight is 213 g/mol. The van der Waals surface area contributed by atoms with Gasteiger partial charge in [-0.05, 0) is 38.1 Å². The van der Waals surface area contributed by atoms with Crippen LogP contribution >= 0.6 is 0 Å². The Morgan fingerprint density at radius 2 is 2.00 bits per heavy atom. The second kappa shape index (κ2) is 8.12. The first-order valence-corrected chi connectivity index (χ1v) is 6.68. The van der Waals surface area contributed by atoms with E-state index >= 15 is 0 Å². The summed E-state index contributed by atoms with van der Waals surface area (Å²) >= 11 is 0.